The van der Waals surface area contributed by atoms with Crippen molar-refractivity contribution in [1.29, 1.82) is 0 Å². The monoisotopic (exact) mass is 251 g/mol. The molecule has 0 aromatic heterocycles. The first-order chi connectivity index (χ1) is 8.72. The molecule has 5 heteroatoms. The molecule has 0 saturated carbocycles. The van der Waals surface area contributed by atoms with Crippen LogP contribution in [0.2, 0.25) is 0 Å². The van der Waals surface area contributed by atoms with Crippen molar-refractivity contribution >= 4 is 6.03 Å². The second-order valence-corrected chi connectivity index (χ2v) is 4.10. The maximum absolute atomic E-state index is 11.5. The Morgan fingerprint density at radius 2 is 2.06 bits per heavy atom. The zero-order valence-corrected chi connectivity index (χ0v) is 10.7. The lowest BCUT2D eigenvalue weighted by molar-refractivity contribution is 0.176. The number of urea groups is 1. The fourth-order valence-electron chi connectivity index (χ4n) is 1.51. The minimum atomic E-state index is -0.177. The molecule has 100 valence electrons. The van der Waals surface area contributed by atoms with Crippen LogP contribution in [0.4, 0.5) is 4.79 Å². The average molecular weight is 251 g/mol. The molecule has 1 rings (SSSR count). The summed E-state index contributed by atoms with van der Waals surface area (Å²) in [5.74, 6) is 0. The number of benzene rings is 1. The highest BCUT2D eigenvalue weighted by atomic mass is 16.5. The standard InChI is InChI=1S/C13H21N3O2/c1-18-10-12(14)7-8-15-13(17)16-9-11-5-3-2-4-6-11/h2-6,12H,7-10,14H2,1H3,(H2,15,16,17). The summed E-state index contributed by atoms with van der Waals surface area (Å²) in [6.45, 7) is 1.58. The van der Waals surface area contributed by atoms with Gasteiger partial charge in [-0.3, -0.25) is 0 Å². The smallest absolute Gasteiger partial charge is 0.315 e. The molecule has 2 amide bonds. The lowest BCUT2D eigenvalue weighted by atomic mass is 10.2. The molecule has 0 saturated heterocycles. The van der Waals surface area contributed by atoms with Gasteiger partial charge in [0.05, 0.1) is 6.61 Å². The Morgan fingerprint density at radius 1 is 1.33 bits per heavy atom. The van der Waals surface area contributed by atoms with E-state index in [1.807, 2.05) is 30.3 Å². The first-order valence-corrected chi connectivity index (χ1v) is 6.02. The summed E-state index contributed by atoms with van der Waals surface area (Å²) in [4.78, 5) is 11.5. The molecule has 1 aromatic rings. The predicted molar refractivity (Wildman–Crippen MR) is 71.1 cm³/mol. The molecule has 1 aromatic carbocycles. The van der Waals surface area contributed by atoms with Crippen molar-refractivity contribution in [3.05, 3.63) is 35.9 Å². The first-order valence-electron chi connectivity index (χ1n) is 6.02. The van der Waals surface area contributed by atoms with Crippen molar-refractivity contribution in [2.45, 2.75) is 19.0 Å². The van der Waals surface area contributed by atoms with E-state index in [1.165, 1.54) is 0 Å². The molecule has 1 atom stereocenters. The number of hydrogen-bond acceptors (Lipinski definition) is 3. The fourth-order valence-corrected chi connectivity index (χ4v) is 1.51. The maximum Gasteiger partial charge on any atom is 0.315 e. The van der Waals surface area contributed by atoms with Gasteiger partial charge in [-0.05, 0) is 12.0 Å². The van der Waals surface area contributed by atoms with Gasteiger partial charge < -0.3 is 21.1 Å². The zero-order valence-electron chi connectivity index (χ0n) is 10.7. The van der Waals surface area contributed by atoms with Gasteiger partial charge in [0.1, 0.15) is 0 Å². The average Bonchev–Trinajstić information content (AvgIpc) is 2.38. The molecule has 5 nitrogen and oxygen atoms in total. The molecule has 18 heavy (non-hydrogen) atoms. The molecule has 0 bridgehead atoms. The van der Waals surface area contributed by atoms with Gasteiger partial charge in [0, 0.05) is 26.2 Å². The van der Waals surface area contributed by atoms with Crippen LogP contribution in [0.3, 0.4) is 0 Å². The lowest BCUT2D eigenvalue weighted by Crippen LogP contribution is -2.38. The molecule has 0 aliphatic heterocycles. The van der Waals surface area contributed by atoms with E-state index in [-0.39, 0.29) is 12.1 Å². The van der Waals surface area contributed by atoms with Gasteiger partial charge in [-0.25, -0.2) is 4.79 Å². The van der Waals surface area contributed by atoms with Crippen molar-refractivity contribution in [3.63, 3.8) is 0 Å². The van der Waals surface area contributed by atoms with Crippen molar-refractivity contribution < 1.29 is 9.53 Å². The van der Waals surface area contributed by atoms with Gasteiger partial charge >= 0.3 is 6.03 Å². The van der Waals surface area contributed by atoms with Crippen LogP contribution in [0.25, 0.3) is 0 Å². The molecule has 0 heterocycles. The summed E-state index contributed by atoms with van der Waals surface area (Å²) in [6.07, 6.45) is 0.701. The lowest BCUT2D eigenvalue weighted by Gasteiger charge is -2.11. The number of nitrogens with two attached hydrogens (primary N) is 1. The number of ether oxygens (including phenoxy) is 1. The van der Waals surface area contributed by atoms with Crippen molar-refractivity contribution in [3.8, 4) is 0 Å². The maximum atomic E-state index is 11.5. The predicted octanol–water partition coefficient (Wildman–Crippen LogP) is 0.850. The summed E-state index contributed by atoms with van der Waals surface area (Å²) in [5, 5.41) is 5.54. The summed E-state index contributed by atoms with van der Waals surface area (Å²) < 4.78 is 4.91. The van der Waals surface area contributed by atoms with Crippen LogP contribution in [0.1, 0.15) is 12.0 Å². The second kappa shape index (κ2) is 8.49. The Hall–Kier alpha value is -1.59. The van der Waals surface area contributed by atoms with Crippen molar-refractivity contribution in [2.75, 3.05) is 20.3 Å². The van der Waals surface area contributed by atoms with Crippen molar-refractivity contribution in [2.24, 2.45) is 5.73 Å². The largest absolute Gasteiger partial charge is 0.383 e. The highest BCUT2D eigenvalue weighted by Gasteiger charge is 2.03. The Labute approximate surface area is 108 Å². The molecular formula is C13H21N3O2. The van der Waals surface area contributed by atoms with Crippen LogP contribution in [0.15, 0.2) is 30.3 Å². The van der Waals surface area contributed by atoms with E-state index in [2.05, 4.69) is 10.6 Å². The van der Waals surface area contributed by atoms with E-state index in [0.717, 1.165) is 5.56 Å². The SMILES string of the molecule is COCC(N)CCNC(=O)NCc1ccccc1. The number of methoxy groups -OCH3 is 1. The molecule has 0 radical (unpaired) electrons. The van der Waals surface area contributed by atoms with Crippen LogP contribution in [0.5, 0.6) is 0 Å². The first kappa shape index (κ1) is 14.5. The Bertz CT molecular complexity index is 343. The van der Waals surface area contributed by atoms with Crippen LogP contribution in [-0.4, -0.2) is 32.3 Å². The van der Waals surface area contributed by atoms with Crippen LogP contribution in [-0.2, 0) is 11.3 Å². The molecular weight excluding hydrogens is 230 g/mol. The number of nitrogens with one attached hydrogen (secondary N) is 2. The number of amides is 2. The fraction of sp³-hybridized carbons (Fsp3) is 0.462. The third-order valence-corrected chi connectivity index (χ3v) is 2.48. The number of rotatable bonds is 7. The van der Waals surface area contributed by atoms with Gasteiger partial charge in [0.15, 0.2) is 0 Å². The van der Waals surface area contributed by atoms with Crippen molar-refractivity contribution in [1.82, 2.24) is 10.6 Å². The Balaban J connectivity index is 2.11. The number of hydrogen-bond donors (Lipinski definition) is 3. The Kier molecular flexibility index (Phi) is 6.83. The Morgan fingerprint density at radius 3 is 2.72 bits per heavy atom. The van der Waals surface area contributed by atoms with Crippen LogP contribution < -0.4 is 16.4 Å². The van der Waals surface area contributed by atoms with E-state index in [4.69, 9.17) is 10.5 Å². The topological polar surface area (TPSA) is 76.4 Å². The van der Waals surface area contributed by atoms with Gasteiger partial charge in [-0.1, -0.05) is 30.3 Å². The quantitative estimate of drug-likeness (QED) is 0.672. The zero-order chi connectivity index (χ0) is 13.2. The number of carbonyl (C=O) groups is 1. The summed E-state index contributed by atoms with van der Waals surface area (Å²) >= 11 is 0. The van der Waals surface area contributed by atoms with E-state index in [0.29, 0.717) is 26.1 Å². The molecule has 0 aliphatic rings. The van der Waals surface area contributed by atoms with Gasteiger partial charge in [-0.15, -0.1) is 0 Å². The van der Waals surface area contributed by atoms with Gasteiger partial charge in [-0.2, -0.15) is 0 Å². The molecule has 0 fully saturated rings. The van der Waals surface area contributed by atoms with E-state index >= 15 is 0 Å². The number of carbonyl (C=O) groups excluding carboxylic acids is 1. The molecule has 4 N–H and O–H groups in total. The van der Waals surface area contributed by atoms with Crippen LogP contribution in [0, 0.1) is 0 Å². The molecule has 0 spiro atoms. The van der Waals surface area contributed by atoms with Gasteiger partial charge in [0.25, 0.3) is 0 Å². The highest BCUT2D eigenvalue weighted by molar-refractivity contribution is 5.73. The molecule has 0 aliphatic carbocycles. The minimum Gasteiger partial charge on any atom is -0.383 e. The molecule has 1 unspecified atom stereocenters. The van der Waals surface area contributed by atoms with E-state index < -0.39 is 0 Å². The minimum absolute atomic E-state index is 0.0376. The summed E-state index contributed by atoms with van der Waals surface area (Å²) in [6, 6.07) is 9.55. The second-order valence-electron chi connectivity index (χ2n) is 4.10. The third kappa shape index (κ3) is 6.22. The van der Waals surface area contributed by atoms with E-state index in [9.17, 15) is 4.79 Å². The van der Waals surface area contributed by atoms with E-state index in [1.54, 1.807) is 7.11 Å². The van der Waals surface area contributed by atoms with Gasteiger partial charge in [0.2, 0.25) is 0 Å². The highest BCUT2D eigenvalue weighted by Crippen LogP contribution is 1.96. The van der Waals surface area contributed by atoms with Crippen LogP contribution >= 0.6 is 0 Å². The third-order valence-electron chi connectivity index (χ3n) is 2.48. The normalized spacial score (nSPS) is 11.9. The summed E-state index contributed by atoms with van der Waals surface area (Å²) in [7, 11) is 1.61. The summed E-state index contributed by atoms with van der Waals surface area (Å²) in [5.41, 5.74) is 6.81.